The summed E-state index contributed by atoms with van der Waals surface area (Å²) in [5, 5.41) is 5.77. The van der Waals surface area contributed by atoms with E-state index < -0.39 is 10.0 Å². The van der Waals surface area contributed by atoms with Gasteiger partial charge in [-0.15, -0.1) is 12.4 Å². The summed E-state index contributed by atoms with van der Waals surface area (Å²) >= 11 is 0. The Morgan fingerprint density at radius 3 is 2.25 bits per heavy atom. The molecule has 0 aromatic heterocycles. The Balaban J connectivity index is 0.00000529. The molecule has 1 aromatic rings. The highest BCUT2D eigenvalue weighted by atomic mass is 35.5. The molecule has 0 saturated carbocycles. The Bertz CT molecular complexity index is 663. The fraction of sp³-hybridized carbons (Fsp3) is 0.533. The lowest BCUT2D eigenvalue weighted by atomic mass is 10.1. The van der Waals surface area contributed by atoms with Gasteiger partial charge in [0.2, 0.25) is 15.9 Å². The molecule has 0 aliphatic carbocycles. The number of rotatable bonds is 7. The van der Waals surface area contributed by atoms with Gasteiger partial charge in [-0.25, -0.2) is 12.7 Å². The highest BCUT2D eigenvalue weighted by Crippen LogP contribution is 2.29. The number of hydrogen-bond acceptors (Lipinski definition) is 5. The van der Waals surface area contributed by atoms with Crippen molar-refractivity contribution in [2.24, 2.45) is 5.92 Å². The van der Waals surface area contributed by atoms with Crippen LogP contribution in [0.1, 0.15) is 6.92 Å². The Kier molecular flexibility index (Phi) is 8.70. The summed E-state index contributed by atoms with van der Waals surface area (Å²) in [6.07, 6.45) is 0. The minimum absolute atomic E-state index is 0. The molecule has 24 heavy (non-hydrogen) atoms. The molecule has 0 heterocycles. The van der Waals surface area contributed by atoms with Gasteiger partial charge in [-0.1, -0.05) is 6.92 Å². The van der Waals surface area contributed by atoms with Crippen LogP contribution in [0.25, 0.3) is 0 Å². The maximum Gasteiger partial charge on any atom is 0.242 e. The summed E-state index contributed by atoms with van der Waals surface area (Å²) in [6, 6.07) is 4.72. The van der Waals surface area contributed by atoms with Crippen molar-refractivity contribution >= 4 is 39.7 Å². The quantitative estimate of drug-likeness (QED) is 0.745. The summed E-state index contributed by atoms with van der Waals surface area (Å²) in [5.41, 5.74) is 1.22. The van der Waals surface area contributed by atoms with Gasteiger partial charge in [0.25, 0.3) is 0 Å². The molecule has 0 bridgehead atoms. The Hall–Kier alpha value is -1.35. The lowest BCUT2D eigenvalue weighted by Crippen LogP contribution is -2.29. The van der Waals surface area contributed by atoms with Crippen LogP contribution in [0, 0.1) is 5.92 Å². The van der Waals surface area contributed by atoms with Crippen LogP contribution in [0.3, 0.4) is 0 Å². The van der Waals surface area contributed by atoms with Gasteiger partial charge in [0.05, 0.1) is 16.3 Å². The molecule has 0 fully saturated rings. The number of amides is 1. The van der Waals surface area contributed by atoms with Gasteiger partial charge in [-0.3, -0.25) is 4.79 Å². The van der Waals surface area contributed by atoms with Crippen LogP contribution in [0.2, 0.25) is 0 Å². The lowest BCUT2D eigenvalue weighted by molar-refractivity contribution is -0.119. The van der Waals surface area contributed by atoms with Crippen LogP contribution < -0.4 is 15.5 Å². The van der Waals surface area contributed by atoms with Gasteiger partial charge in [0, 0.05) is 40.7 Å². The van der Waals surface area contributed by atoms with Gasteiger partial charge >= 0.3 is 0 Å². The average Bonchev–Trinajstić information content (AvgIpc) is 2.46. The van der Waals surface area contributed by atoms with E-state index >= 15 is 0 Å². The molecule has 1 aromatic carbocycles. The number of carbonyl (C=O) groups excluding carboxylic acids is 1. The summed E-state index contributed by atoms with van der Waals surface area (Å²) in [6.45, 7) is 2.35. The highest BCUT2D eigenvalue weighted by molar-refractivity contribution is 7.89. The van der Waals surface area contributed by atoms with Gasteiger partial charge in [-0.2, -0.15) is 0 Å². The monoisotopic (exact) mass is 378 g/mol. The standard InChI is InChI=1S/C15H26N4O3S.ClH/c1-11(10-16-2)15(20)17-13-9-12(23(21,22)19(5)6)7-8-14(13)18(3)4;/h7-9,11,16H,10H2,1-6H3,(H,17,20);1H. The minimum atomic E-state index is -3.56. The van der Waals surface area contributed by atoms with Gasteiger partial charge in [0.1, 0.15) is 0 Å². The summed E-state index contributed by atoms with van der Waals surface area (Å²) in [7, 11) is 4.84. The first-order valence-electron chi connectivity index (χ1n) is 7.30. The molecule has 1 amide bonds. The van der Waals surface area contributed by atoms with E-state index in [2.05, 4.69) is 10.6 Å². The molecule has 138 valence electrons. The SMILES string of the molecule is CNCC(C)C(=O)Nc1cc(S(=O)(=O)N(C)C)ccc1N(C)C.Cl. The molecular weight excluding hydrogens is 352 g/mol. The molecule has 0 aliphatic heterocycles. The zero-order valence-corrected chi connectivity index (χ0v) is 16.6. The second kappa shape index (κ2) is 9.22. The third-order valence-corrected chi connectivity index (χ3v) is 5.26. The Morgan fingerprint density at radius 2 is 1.79 bits per heavy atom. The summed E-state index contributed by atoms with van der Waals surface area (Å²) in [4.78, 5) is 14.2. The molecule has 0 saturated heterocycles. The van der Waals surface area contributed by atoms with E-state index in [1.54, 1.807) is 13.1 Å². The highest BCUT2D eigenvalue weighted by Gasteiger charge is 2.21. The number of nitrogens with zero attached hydrogens (tertiary/aromatic N) is 2. The second-order valence-corrected chi connectivity index (χ2v) is 7.96. The van der Waals surface area contributed by atoms with Gasteiger partial charge < -0.3 is 15.5 Å². The average molecular weight is 379 g/mol. The van der Waals surface area contributed by atoms with Crippen LogP contribution in [0.15, 0.2) is 23.1 Å². The van der Waals surface area contributed by atoms with Crippen LogP contribution >= 0.6 is 12.4 Å². The number of hydrogen-bond donors (Lipinski definition) is 2. The molecule has 2 N–H and O–H groups in total. The summed E-state index contributed by atoms with van der Waals surface area (Å²) in [5.74, 6) is -0.397. The molecule has 9 heteroatoms. The second-order valence-electron chi connectivity index (χ2n) is 5.81. The van der Waals surface area contributed by atoms with Crippen molar-refractivity contribution in [3.63, 3.8) is 0 Å². The predicted octanol–water partition coefficient (Wildman–Crippen LogP) is 1.22. The molecular formula is C15H27ClN4O3S. The van der Waals surface area contributed by atoms with Crippen molar-refractivity contribution in [1.82, 2.24) is 9.62 Å². The minimum Gasteiger partial charge on any atom is -0.376 e. The van der Waals surface area contributed by atoms with Crippen LogP contribution in [0.5, 0.6) is 0 Å². The van der Waals surface area contributed by atoms with Crippen molar-refractivity contribution in [2.75, 3.05) is 52.0 Å². The van der Waals surface area contributed by atoms with Crippen molar-refractivity contribution in [1.29, 1.82) is 0 Å². The van der Waals surface area contributed by atoms with E-state index in [-0.39, 0.29) is 29.1 Å². The maximum absolute atomic E-state index is 12.3. The first kappa shape index (κ1) is 22.6. The first-order chi connectivity index (χ1) is 10.6. The summed E-state index contributed by atoms with van der Waals surface area (Å²) < 4.78 is 25.7. The van der Waals surface area contributed by atoms with Crippen LogP contribution in [-0.4, -0.2) is 60.4 Å². The van der Waals surface area contributed by atoms with Gasteiger partial charge in [-0.05, 0) is 25.2 Å². The smallest absolute Gasteiger partial charge is 0.242 e. The largest absolute Gasteiger partial charge is 0.376 e. The van der Waals surface area contributed by atoms with Crippen LogP contribution in [0.4, 0.5) is 11.4 Å². The zero-order chi connectivity index (χ0) is 17.8. The predicted molar refractivity (Wildman–Crippen MR) is 101 cm³/mol. The van der Waals surface area contributed by atoms with E-state index in [9.17, 15) is 13.2 Å². The van der Waals surface area contributed by atoms with Crippen molar-refractivity contribution in [3.8, 4) is 0 Å². The molecule has 1 atom stereocenters. The molecule has 0 spiro atoms. The Labute approximate surface area is 150 Å². The van der Waals surface area contributed by atoms with E-state index in [1.807, 2.05) is 25.9 Å². The topological polar surface area (TPSA) is 81.8 Å². The van der Waals surface area contributed by atoms with E-state index in [0.29, 0.717) is 12.2 Å². The molecule has 0 aliphatic rings. The van der Waals surface area contributed by atoms with Gasteiger partial charge in [0.15, 0.2) is 0 Å². The van der Waals surface area contributed by atoms with E-state index in [0.717, 1.165) is 9.99 Å². The molecule has 1 unspecified atom stereocenters. The number of sulfonamides is 1. The number of carbonyl (C=O) groups is 1. The van der Waals surface area contributed by atoms with E-state index in [1.165, 1.54) is 26.2 Å². The number of anilines is 2. The van der Waals surface area contributed by atoms with E-state index in [4.69, 9.17) is 0 Å². The Morgan fingerprint density at radius 1 is 1.21 bits per heavy atom. The number of nitrogens with one attached hydrogen (secondary N) is 2. The fourth-order valence-corrected chi connectivity index (χ4v) is 2.96. The third-order valence-electron chi connectivity index (χ3n) is 3.44. The van der Waals surface area contributed by atoms with Crippen molar-refractivity contribution in [2.45, 2.75) is 11.8 Å². The molecule has 7 nitrogen and oxygen atoms in total. The zero-order valence-electron chi connectivity index (χ0n) is 15.0. The maximum atomic E-state index is 12.3. The van der Waals surface area contributed by atoms with Crippen molar-refractivity contribution < 1.29 is 13.2 Å². The third kappa shape index (κ3) is 5.34. The normalized spacial score (nSPS) is 12.5. The fourth-order valence-electron chi connectivity index (χ4n) is 2.03. The van der Waals surface area contributed by atoms with Crippen LogP contribution in [-0.2, 0) is 14.8 Å². The number of benzene rings is 1. The number of halogens is 1. The molecule has 1 rings (SSSR count). The van der Waals surface area contributed by atoms with Crippen molar-refractivity contribution in [3.05, 3.63) is 18.2 Å². The first-order valence-corrected chi connectivity index (χ1v) is 8.74. The lowest BCUT2D eigenvalue weighted by Gasteiger charge is -2.21. The molecule has 0 radical (unpaired) electrons.